The summed E-state index contributed by atoms with van der Waals surface area (Å²) in [6.45, 7) is 5.95. The van der Waals surface area contributed by atoms with Gasteiger partial charge in [0.1, 0.15) is 11.6 Å². The van der Waals surface area contributed by atoms with E-state index < -0.39 is 0 Å². The fourth-order valence-corrected chi connectivity index (χ4v) is 4.24. The summed E-state index contributed by atoms with van der Waals surface area (Å²) >= 11 is 0. The molecule has 30 heavy (non-hydrogen) atoms. The van der Waals surface area contributed by atoms with Crippen LogP contribution in [0, 0.1) is 0 Å². The number of benzene rings is 1. The van der Waals surface area contributed by atoms with Crippen molar-refractivity contribution in [1.29, 1.82) is 0 Å². The Hall–Kier alpha value is -2.80. The number of nitrogens with one attached hydrogen (secondary N) is 1. The molecule has 1 unspecified atom stereocenters. The van der Waals surface area contributed by atoms with Crippen LogP contribution < -0.4 is 15.0 Å². The largest absolute Gasteiger partial charge is 0.497 e. The van der Waals surface area contributed by atoms with Gasteiger partial charge in [-0.3, -0.25) is 4.99 Å². The lowest BCUT2D eigenvalue weighted by molar-refractivity contribution is 0.122. The van der Waals surface area contributed by atoms with Gasteiger partial charge in [0.15, 0.2) is 5.96 Å². The van der Waals surface area contributed by atoms with Crippen LogP contribution in [-0.4, -0.2) is 69.4 Å². The van der Waals surface area contributed by atoms with Gasteiger partial charge < -0.3 is 24.6 Å². The highest BCUT2D eigenvalue weighted by Gasteiger charge is 2.26. The normalized spacial score (nSPS) is 19.8. The van der Waals surface area contributed by atoms with Crippen LogP contribution in [0.5, 0.6) is 5.75 Å². The lowest BCUT2D eigenvalue weighted by Gasteiger charge is -2.30. The van der Waals surface area contributed by atoms with Gasteiger partial charge in [0, 0.05) is 57.4 Å². The molecule has 1 N–H and O–H groups in total. The molecule has 7 heteroatoms. The zero-order chi connectivity index (χ0) is 20.8. The Morgan fingerprint density at radius 1 is 1.20 bits per heavy atom. The molecular weight excluding hydrogens is 378 g/mol. The summed E-state index contributed by atoms with van der Waals surface area (Å²) in [6.07, 6.45) is 2.99. The molecule has 0 saturated carbocycles. The van der Waals surface area contributed by atoms with Gasteiger partial charge in [-0.25, -0.2) is 4.98 Å². The smallest absolute Gasteiger partial charge is 0.193 e. The number of methoxy groups -OCH3 is 1. The fourth-order valence-electron chi connectivity index (χ4n) is 4.24. The van der Waals surface area contributed by atoms with E-state index in [9.17, 15) is 0 Å². The van der Waals surface area contributed by atoms with Crippen molar-refractivity contribution in [2.24, 2.45) is 4.99 Å². The Labute approximate surface area is 178 Å². The molecule has 0 amide bonds. The van der Waals surface area contributed by atoms with Crippen LogP contribution in [0.1, 0.15) is 23.5 Å². The first kappa shape index (κ1) is 20.5. The van der Waals surface area contributed by atoms with Gasteiger partial charge in [0.25, 0.3) is 0 Å². The van der Waals surface area contributed by atoms with E-state index in [1.54, 1.807) is 7.11 Å². The second-order valence-corrected chi connectivity index (χ2v) is 7.69. The van der Waals surface area contributed by atoms with Gasteiger partial charge in [-0.05, 0) is 30.2 Å². The molecule has 2 fully saturated rings. The Kier molecular flexibility index (Phi) is 6.69. The molecule has 2 aromatic rings. The minimum absolute atomic E-state index is 0.511. The highest BCUT2D eigenvalue weighted by atomic mass is 16.5. The molecule has 1 aromatic heterocycles. The molecule has 0 radical (unpaired) electrons. The average molecular weight is 410 g/mol. The van der Waals surface area contributed by atoms with E-state index in [1.807, 2.05) is 31.4 Å². The molecule has 4 rings (SSSR count). The Morgan fingerprint density at radius 3 is 2.73 bits per heavy atom. The number of aromatic nitrogens is 1. The third-order valence-corrected chi connectivity index (χ3v) is 5.90. The summed E-state index contributed by atoms with van der Waals surface area (Å²) in [7, 11) is 3.56. The number of likely N-dealkylation sites (tertiary alicyclic amines) is 1. The second kappa shape index (κ2) is 9.80. The van der Waals surface area contributed by atoms with Gasteiger partial charge in [-0.15, -0.1) is 0 Å². The van der Waals surface area contributed by atoms with E-state index in [1.165, 1.54) is 11.1 Å². The number of ether oxygens (including phenoxy) is 2. The zero-order valence-corrected chi connectivity index (χ0v) is 17.9. The molecule has 7 nitrogen and oxygen atoms in total. The van der Waals surface area contributed by atoms with Crippen LogP contribution in [0.15, 0.2) is 47.6 Å². The van der Waals surface area contributed by atoms with Crippen molar-refractivity contribution < 1.29 is 9.47 Å². The number of morpholine rings is 1. The third-order valence-electron chi connectivity index (χ3n) is 5.90. The predicted molar refractivity (Wildman–Crippen MR) is 119 cm³/mol. The zero-order valence-electron chi connectivity index (χ0n) is 17.9. The topological polar surface area (TPSA) is 62.2 Å². The molecule has 3 heterocycles. The number of anilines is 1. The minimum atomic E-state index is 0.511. The highest BCUT2D eigenvalue weighted by Crippen LogP contribution is 2.28. The van der Waals surface area contributed by atoms with E-state index in [2.05, 4.69) is 43.3 Å². The van der Waals surface area contributed by atoms with Gasteiger partial charge in [0.05, 0.1) is 20.3 Å². The van der Waals surface area contributed by atoms with E-state index in [0.717, 1.165) is 63.3 Å². The summed E-state index contributed by atoms with van der Waals surface area (Å²) in [5.74, 6) is 3.40. The first-order valence-corrected chi connectivity index (χ1v) is 10.6. The van der Waals surface area contributed by atoms with Crippen LogP contribution in [0.4, 0.5) is 5.82 Å². The summed E-state index contributed by atoms with van der Waals surface area (Å²) < 4.78 is 10.8. The fraction of sp³-hybridized carbons (Fsp3) is 0.478. The first-order valence-electron chi connectivity index (χ1n) is 10.6. The van der Waals surface area contributed by atoms with E-state index in [4.69, 9.17) is 9.47 Å². The van der Waals surface area contributed by atoms with Gasteiger partial charge in [-0.2, -0.15) is 0 Å². The minimum Gasteiger partial charge on any atom is -0.497 e. The third kappa shape index (κ3) is 4.67. The van der Waals surface area contributed by atoms with Gasteiger partial charge >= 0.3 is 0 Å². The maximum atomic E-state index is 5.49. The summed E-state index contributed by atoms with van der Waals surface area (Å²) in [6, 6.07) is 12.6. The van der Waals surface area contributed by atoms with E-state index >= 15 is 0 Å². The van der Waals surface area contributed by atoms with Crippen molar-refractivity contribution in [3.05, 3.63) is 53.7 Å². The van der Waals surface area contributed by atoms with Crippen molar-refractivity contribution in [1.82, 2.24) is 15.2 Å². The number of rotatable bonds is 5. The molecule has 1 aromatic carbocycles. The Balaban J connectivity index is 1.38. The summed E-state index contributed by atoms with van der Waals surface area (Å²) in [5, 5.41) is 3.56. The van der Waals surface area contributed by atoms with Crippen molar-refractivity contribution in [3.63, 3.8) is 0 Å². The monoisotopic (exact) mass is 409 g/mol. The Morgan fingerprint density at radius 2 is 2.00 bits per heavy atom. The predicted octanol–water partition coefficient (Wildman–Crippen LogP) is 2.49. The highest BCUT2D eigenvalue weighted by molar-refractivity contribution is 5.80. The van der Waals surface area contributed by atoms with Crippen molar-refractivity contribution in [2.75, 3.05) is 58.5 Å². The molecule has 0 spiro atoms. The number of hydrogen-bond donors (Lipinski definition) is 1. The molecule has 0 bridgehead atoms. The molecule has 2 saturated heterocycles. The van der Waals surface area contributed by atoms with Crippen LogP contribution >= 0.6 is 0 Å². The molecule has 0 aliphatic carbocycles. The van der Waals surface area contributed by atoms with Crippen molar-refractivity contribution in [3.8, 4) is 5.75 Å². The van der Waals surface area contributed by atoms with Gasteiger partial charge in [-0.1, -0.05) is 18.2 Å². The first-order chi connectivity index (χ1) is 14.8. The number of pyridine rings is 1. The second-order valence-electron chi connectivity index (χ2n) is 7.69. The van der Waals surface area contributed by atoms with Crippen LogP contribution in [0.25, 0.3) is 0 Å². The van der Waals surface area contributed by atoms with Crippen LogP contribution in [0.3, 0.4) is 0 Å². The lowest BCUT2D eigenvalue weighted by atomic mass is 9.98. The van der Waals surface area contributed by atoms with Crippen molar-refractivity contribution in [2.45, 2.75) is 18.9 Å². The number of guanidine groups is 1. The van der Waals surface area contributed by atoms with Crippen LogP contribution in [-0.2, 0) is 11.3 Å². The van der Waals surface area contributed by atoms with E-state index in [0.29, 0.717) is 12.5 Å². The van der Waals surface area contributed by atoms with Crippen LogP contribution in [0.2, 0.25) is 0 Å². The summed E-state index contributed by atoms with van der Waals surface area (Å²) in [5.41, 5.74) is 2.54. The molecule has 1 atom stereocenters. The summed E-state index contributed by atoms with van der Waals surface area (Å²) in [4.78, 5) is 13.8. The quantitative estimate of drug-likeness (QED) is 0.605. The number of nitrogens with zero attached hydrogens (tertiary/aromatic N) is 4. The maximum Gasteiger partial charge on any atom is 0.193 e. The number of hydrogen-bond acceptors (Lipinski definition) is 5. The van der Waals surface area contributed by atoms with Crippen molar-refractivity contribution >= 4 is 11.8 Å². The molecule has 2 aliphatic heterocycles. The lowest BCUT2D eigenvalue weighted by Crippen LogP contribution is -2.41. The Bertz CT molecular complexity index is 849. The average Bonchev–Trinajstić information content (AvgIpc) is 3.30. The molecular formula is C23H31N5O2. The standard InChI is InChI=1S/C23H31N5O2/c1-24-23(28-11-9-20(17-28)18-5-7-21(29-2)8-6-18)26-16-19-4-3-10-25-22(19)27-12-14-30-15-13-27/h3-8,10,20H,9,11-17H2,1-2H3,(H,24,26). The van der Waals surface area contributed by atoms with Gasteiger partial charge in [0.2, 0.25) is 0 Å². The maximum absolute atomic E-state index is 5.49. The molecule has 2 aliphatic rings. The van der Waals surface area contributed by atoms with E-state index in [-0.39, 0.29) is 0 Å². The molecule has 160 valence electrons. The SMILES string of the molecule is CN=C(NCc1cccnc1N1CCOCC1)N1CCC(c2ccc(OC)cc2)C1. The number of aliphatic imine (C=N–C) groups is 1.